The molecule has 3 aromatic heterocycles. The number of anilines is 1. The van der Waals surface area contributed by atoms with Crippen LogP contribution in [0.1, 0.15) is 5.82 Å². The fraction of sp³-hybridized carbons (Fsp3) is 0.375. The molecule has 4 rings (SSSR count). The molecule has 5 N–H and O–H groups in total. The van der Waals surface area contributed by atoms with Crippen molar-refractivity contribution in [2.24, 2.45) is 18.7 Å². The van der Waals surface area contributed by atoms with Crippen molar-refractivity contribution in [2.45, 2.75) is 6.54 Å². The quantitative estimate of drug-likeness (QED) is 0.554. The van der Waals surface area contributed by atoms with Crippen LogP contribution in [0.3, 0.4) is 0 Å². The lowest BCUT2D eigenvalue weighted by atomic mass is 10.2. The van der Waals surface area contributed by atoms with E-state index < -0.39 is 0 Å². The van der Waals surface area contributed by atoms with Gasteiger partial charge in [-0.1, -0.05) is 0 Å². The zero-order valence-corrected chi connectivity index (χ0v) is 14.5. The summed E-state index contributed by atoms with van der Waals surface area (Å²) in [5.74, 6) is 5.79. The lowest BCUT2D eigenvalue weighted by Crippen LogP contribution is -2.37. The third kappa shape index (κ3) is 3.35. The fourth-order valence-corrected chi connectivity index (χ4v) is 2.94. The molecule has 0 bridgehead atoms. The lowest BCUT2D eigenvalue weighted by Gasteiger charge is -2.28. The van der Waals surface area contributed by atoms with Gasteiger partial charge in [-0.05, 0) is 12.1 Å². The third-order valence-corrected chi connectivity index (χ3v) is 4.18. The molecule has 26 heavy (non-hydrogen) atoms. The molecule has 138 valence electrons. The van der Waals surface area contributed by atoms with Gasteiger partial charge >= 0.3 is 0 Å². The van der Waals surface area contributed by atoms with E-state index in [-0.39, 0.29) is 0 Å². The van der Waals surface area contributed by atoms with Gasteiger partial charge in [-0.2, -0.15) is 0 Å². The number of hydrogen-bond donors (Lipinski definition) is 3. The lowest BCUT2D eigenvalue weighted by molar-refractivity contribution is 0.122. The molecule has 0 atom stereocenters. The first-order valence-electron chi connectivity index (χ1n) is 8.20. The number of pyridine rings is 1. The number of rotatable bonds is 3. The van der Waals surface area contributed by atoms with Crippen molar-refractivity contribution in [2.75, 3.05) is 31.2 Å². The van der Waals surface area contributed by atoms with Crippen LogP contribution in [0.25, 0.3) is 22.6 Å². The normalized spacial score (nSPS) is 14.2. The summed E-state index contributed by atoms with van der Waals surface area (Å²) in [7, 11) is 1.96. The van der Waals surface area contributed by atoms with Crippen LogP contribution < -0.4 is 16.5 Å². The molecular formula is C16H22N8O2. The summed E-state index contributed by atoms with van der Waals surface area (Å²) in [6.45, 7) is 3.25. The van der Waals surface area contributed by atoms with Crippen molar-refractivity contribution in [1.82, 2.24) is 24.5 Å². The number of aryl methyl sites for hydroxylation is 1. The van der Waals surface area contributed by atoms with E-state index in [0.717, 1.165) is 41.5 Å². The topological polar surface area (TPSA) is 141 Å². The van der Waals surface area contributed by atoms with E-state index in [0.29, 0.717) is 25.6 Å². The molecule has 0 aromatic carbocycles. The van der Waals surface area contributed by atoms with Crippen LogP contribution in [0.5, 0.6) is 0 Å². The second kappa shape index (κ2) is 8.15. The first-order chi connectivity index (χ1) is 12.8. The first kappa shape index (κ1) is 18.1. The average molecular weight is 358 g/mol. The van der Waals surface area contributed by atoms with Crippen molar-refractivity contribution in [3.05, 3.63) is 30.4 Å². The van der Waals surface area contributed by atoms with E-state index in [2.05, 4.69) is 25.7 Å². The Morgan fingerprint density at radius 1 is 1.12 bits per heavy atom. The second-order valence-corrected chi connectivity index (χ2v) is 5.67. The molecule has 10 nitrogen and oxygen atoms in total. The molecule has 0 saturated carbocycles. The van der Waals surface area contributed by atoms with Crippen LogP contribution in [0, 0.1) is 0 Å². The highest BCUT2D eigenvalue weighted by molar-refractivity contribution is 5.87. The molecule has 1 aliphatic heterocycles. The van der Waals surface area contributed by atoms with Crippen LogP contribution in [-0.2, 0) is 18.3 Å². The Bertz CT molecular complexity index is 862. The summed E-state index contributed by atoms with van der Waals surface area (Å²) in [6.07, 6.45) is 3.52. The van der Waals surface area contributed by atoms with E-state index in [1.165, 1.54) is 0 Å². The number of fused-ring (bicyclic) bond motifs is 1. The number of morpholine rings is 1. The molecule has 0 unspecified atom stereocenters. The minimum Gasteiger partial charge on any atom is -0.378 e. The van der Waals surface area contributed by atoms with Gasteiger partial charge < -0.3 is 25.1 Å². The summed E-state index contributed by atoms with van der Waals surface area (Å²) in [6, 6.07) is 3.87. The van der Waals surface area contributed by atoms with E-state index in [1.807, 2.05) is 23.7 Å². The maximum atomic E-state index is 6.50. The van der Waals surface area contributed by atoms with Crippen LogP contribution in [-0.4, -0.2) is 56.0 Å². The van der Waals surface area contributed by atoms with Crippen LogP contribution >= 0.6 is 0 Å². The maximum Gasteiger partial charge on any atom is 0.166 e. The predicted octanol–water partition coefficient (Wildman–Crippen LogP) is 0.0549. The summed E-state index contributed by atoms with van der Waals surface area (Å²) < 4.78 is 7.43. The molecule has 10 heteroatoms. The van der Waals surface area contributed by atoms with Gasteiger partial charge in [-0.15, -0.1) is 0 Å². The number of nitrogens with two attached hydrogens (primary N) is 2. The Hall–Kier alpha value is -2.66. The van der Waals surface area contributed by atoms with Crippen molar-refractivity contribution in [3.8, 4) is 11.4 Å². The highest BCUT2D eigenvalue weighted by Crippen LogP contribution is 2.28. The van der Waals surface area contributed by atoms with Crippen molar-refractivity contribution in [1.29, 1.82) is 0 Å². The van der Waals surface area contributed by atoms with E-state index in [1.54, 1.807) is 12.4 Å². The summed E-state index contributed by atoms with van der Waals surface area (Å²) >= 11 is 0. The molecule has 1 aliphatic rings. The molecule has 0 spiro atoms. The van der Waals surface area contributed by atoms with Crippen LogP contribution in [0.15, 0.2) is 24.5 Å². The van der Waals surface area contributed by atoms with Gasteiger partial charge in [0.05, 0.1) is 19.8 Å². The molecule has 0 aliphatic carbocycles. The minimum atomic E-state index is 0.295. The Labute approximate surface area is 150 Å². The number of hydrogen-bond acceptors (Lipinski definition) is 9. The Morgan fingerprint density at radius 3 is 2.46 bits per heavy atom. The fourth-order valence-electron chi connectivity index (χ4n) is 2.94. The number of nitrogens with zero attached hydrogens (tertiary/aromatic N) is 6. The zero-order valence-electron chi connectivity index (χ0n) is 14.5. The van der Waals surface area contributed by atoms with Crippen LogP contribution in [0.2, 0.25) is 0 Å². The first-order valence-corrected chi connectivity index (χ1v) is 8.20. The van der Waals surface area contributed by atoms with Gasteiger partial charge in [0, 0.05) is 38.1 Å². The van der Waals surface area contributed by atoms with Crippen molar-refractivity contribution < 1.29 is 9.94 Å². The van der Waals surface area contributed by atoms with Crippen LogP contribution in [0.4, 0.5) is 5.82 Å². The largest absolute Gasteiger partial charge is 0.378 e. The number of aromatic nitrogens is 5. The van der Waals surface area contributed by atoms with Gasteiger partial charge in [0.25, 0.3) is 0 Å². The minimum absolute atomic E-state index is 0.295. The Morgan fingerprint density at radius 2 is 1.81 bits per heavy atom. The Kier molecular flexibility index (Phi) is 5.68. The average Bonchev–Trinajstić information content (AvgIpc) is 3.06. The second-order valence-electron chi connectivity index (χ2n) is 5.67. The molecule has 1 saturated heterocycles. The summed E-state index contributed by atoms with van der Waals surface area (Å²) in [5.41, 5.74) is 8.38. The molecule has 0 radical (unpaired) electrons. The zero-order chi connectivity index (χ0) is 18.5. The van der Waals surface area contributed by atoms with Gasteiger partial charge in [0.1, 0.15) is 11.6 Å². The Balaban J connectivity index is 0.000000948. The van der Waals surface area contributed by atoms with Gasteiger partial charge in [0.15, 0.2) is 17.0 Å². The molecule has 3 aromatic rings. The number of ether oxygens (including phenoxy) is 1. The monoisotopic (exact) mass is 358 g/mol. The molecule has 0 amide bonds. The van der Waals surface area contributed by atoms with Gasteiger partial charge in [-0.3, -0.25) is 4.98 Å². The third-order valence-electron chi connectivity index (χ3n) is 4.18. The standard InChI is InChI=1S/C16H19N7O.H3NO/c1-22-14(11-2-4-18-5-3-11)21-13-15(22)19-12(10-17)20-16(13)23-6-8-24-9-7-23;1-2/h2-5H,6-10,17H2,1H3;2H,1H2. The smallest absolute Gasteiger partial charge is 0.166 e. The maximum absolute atomic E-state index is 6.50. The molecule has 1 fully saturated rings. The predicted molar refractivity (Wildman–Crippen MR) is 96.4 cm³/mol. The molecule has 4 heterocycles. The SMILES string of the molecule is Cn1c(-c2ccncc2)nc2c(N3CCOCC3)nc(CN)nc21.NO. The van der Waals surface area contributed by atoms with E-state index in [4.69, 9.17) is 20.7 Å². The van der Waals surface area contributed by atoms with Gasteiger partial charge in [-0.25, -0.2) is 20.8 Å². The van der Waals surface area contributed by atoms with Gasteiger partial charge in [0.2, 0.25) is 0 Å². The summed E-state index contributed by atoms with van der Waals surface area (Å²) in [5, 5.41) is 6.50. The highest BCUT2D eigenvalue weighted by Gasteiger charge is 2.22. The summed E-state index contributed by atoms with van der Waals surface area (Å²) in [4.78, 5) is 20.3. The van der Waals surface area contributed by atoms with Crippen molar-refractivity contribution >= 4 is 17.0 Å². The highest BCUT2D eigenvalue weighted by atomic mass is 16.5. The molecular weight excluding hydrogens is 336 g/mol. The van der Waals surface area contributed by atoms with E-state index >= 15 is 0 Å². The number of imidazole rings is 1. The van der Waals surface area contributed by atoms with Crippen molar-refractivity contribution in [3.63, 3.8) is 0 Å². The van der Waals surface area contributed by atoms with E-state index in [9.17, 15) is 0 Å².